The fourth-order valence-electron chi connectivity index (χ4n) is 2.43. The number of hydrogen-bond acceptors (Lipinski definition) is 4. The van der Waals surface area contributed by atoms with Gasteiger partial charge >= 0.3 is 0 Å². The van der Waals surface area contributed by atoms with Crippen LogP contribution in [0, 0.1) is 11.6 Å². The van der Waals surface area contributed by atoms with Crippen molar-refractivity contribution in [2.75, 3.05) is 0 Å². The number of halogens is 3. The fraction of sp³-hybridized carbons (Fsp3) is 0.0588. The number of tetrazole rings is 1. The van der Waals surface area contributed by atoms with Crippen molar-refractivity contribution in [1.29, 1.82) is 0 Å². The fourth-order valence-corrected chi connectivity index (χ4v) is 2.61. The number of nitrogens with zero attached hydrogens (tertiary/aromatic N) is 4. The molecule has 0 saturated heterocycles. The van der Waals surface area contributed by atoms with Gasteiger partial charge in [0.2, 0.25) is 0 Å². The minimum absolute atomic E-state index is 0.0346. The van der Waals surface area contributed by atoms with Crippen molar-refractivity contribution in [2.24, 2.45) is 7.05 Å². The first-order chi connectivity index (χ1) is 12.0. The molecule has 5 nitrogen and oxygen atoms in total. The lowest BCUT2D eigenvalue weighted by atomic mass is 9.93. The molecule has 1 aromatic heterocycles. The molecule has 0 amide bonds. The van der Waals surface area contributed by atoms with Crippen LogP contribution in [0.2, 0.25) is 0 Å². The quantitative estimate of drug-likeness (QED) is 0.529. The van der Waals surface area contributed by atoms with Gasteiger partial charge in [0, 0.05) is 12.6 Å². The molecule has 0 aliphatic rings. The maximum Gasteiger partial charge on any atom is 0.256 e. The van der Waals surface area contributed by atoms with E-state index in [0.29, 0.717) is 16.7 Å². The summed E-state index contributed by atoms with van der Waals surface area (Å²) < 4.78 is 27.9. The second-order valence-corrected chi connectivity index (χ2v) is 5.51. The highest BCUT2D eigenvalue weighted by Crippen LogP contribution is 2.33. The Kier molecular flexibility index (Phi) is 4.67. The molecule has 0 saturated carbocycles. The van der Waals surface area contributed by atoms with E-state index < -0.39 is 16.9 Å². The first-order valence-electron chi connectivity index (χ1n) is 7.16. The van der Waals surface area contributed by atoms with Gasteiger partial charge in [0.15, 0.2) is 5.82 Å². The number of aryl methyl sites for hydroxylation is 1. The summed E-state index contributed by atoms with van der Waals surface area (Å²) in [5.74, 6) is -0.716. The average molecular weight is 361 g/mol. The van der Waals surface area contributed by atoms with Crippen LogP contribution >= 0.6 is 11.6 Å². The van der Waals surface area contributed by atoms with Crippen molar-refractivity contribution in [3.8, 4) is 0 Å². The van der Waals surface area contributed by atoms with E-state index in [1.165, 1.54) is 53.2 Å². The highest BCUT2D eigenvalue weighted by Gasteiger charge is 2.23. The van der Waals surface area contributed by atoms with Gasteiger partial charge in [-0.2, -0.15) is 0 Å². The van der Waals surface area contributed by atoms with E-state index in [-0.39, 0.29) is 11.4 Å². The summed E-state index contributed by atoms with van der Waals surface area (Å²) in [7, 11) is 1.56. The topological polar surface area (TPSA) is 60.7 Å². The molecule has 2 aromatic carbocycles. The van der Waals surface area contributed by atoms with E-state index in [1.807, 2.05) is 0 Å². The zero-order valence-corrected chi connectivity index (χ0v) is 13.7. The molecule has 126 valence electrons. The van der Waals surface area contributed by atoms with Gasteiger partial charge < -0.3 is 0 Å². The van der Waals surface area contributed by atoms with Crippen molar-refractivity contribution in [1.82, 2.24) is 20.2 Å². The Bertz CT molecular complexity index is 902. The van der Waals surface area contributed by atoms with Gasteiger partial charge in [-0.05, 0) is 57.4 Å². The summed E-state index contributed by atoms with van der Waals surface area (Å²) in [5, 5.41) is 10.3. The molecule has 0 atom stereocenters. The van der Waals surface area contributed by atoms with E-state index in [4.69, 9.17) is 11.6 Å². The van der Waals surface area contributed by atoms with Crippen LogP contribution in [0.4, 0.5) is 8.78 Å². The molecule has 3 rings (SSSR count). The summed E-state index contributed by atoms with van der Waals surface area (Å²) in [6.45, 7) is 0. The first-order valence-corrected chi connectivity index (χ1v) is 7.54. The minimum Gasteiger partial charge on any atom is -0.275 e. The number of benzene rings is 2. The Morgan fingerprint density at radius 2 is 1.44 bits per heavy atom. The molecule has 1 heterocycles. The molecule has 0 radical (unpaired) electrons. The molecule has 0 aliphatic heterocycles. The standard InChI is InChI=1S/C17H11ClF2N4O/c1-24-17(21-22-23-24)15(16(18)25)14(10-2-6-12(19)7-3-10)11-4-8-13(20)9-5-11/h2-9H,1H3. The van der Waals surface area contributed by atoms with Gasteiger partial charge in [0.25, 0.3) is 5.24 Å². The molecule has 25 heavy (non-hydrogen) atoms. The highest BCUT2D eigenvalue weighted by atomic mass is 35.5. The second kappa shape index (κ2) is 6.90. The number of allylic oxidation sites excluding steroid dienone is 1. The van der Waals surface area contributed by atoms with Gasteiger partial charge in [-0.1, -0.05) is 24.3 Å². The third kappa shape index (κ3) is 3.46. The molecule has 0 fully saturated rings. The van der Waals surface area contributed by atoms with Crippen molar-refractivity contribution in [3.63, 3.8) is 0 Å². The van der Waals surface area contributed by atoms with E-state index in [0.717, 1.165) is 0 Å². The Hall–Kier alpha value is -2.93. The molecule has 8 heteroatoms. The Balaban J connectivity index is 2.35. The molecular formula is C17H11ClF2N4O. The first kappa shape index (κ1) is 16.9. The average Bonchev–Trinajstić information content (AvgIpc) is 3.00. The maximum absolute atomic E-state index is 13.3. The van der Waals surface area contributed by atoms with Crippen LogP contribution in [-0.4, -0.2) is 25.4 Å². The van der Waals surface area contributed by atoms with Crippen LogP contribution in [0.3, 0.4) is 0 Å². The van der Waals surface area contributed by atoms with E-state index in [9.17, 15) is 13.6 Å². The molecule has 0 bridgehead atoms. The molecule has 0 spiro atoms. The third-order valence-electron chi connectivity index (χ3n) is 3.56. The van der Waals surface area contributed by atoms with E-state index >= 15 is 0 Å². The molecule has 0 unspecified atom stereocenters. The summed E-state index contributed by atoms with van der Waals surface area (Å²) in [4.78, 5) is 12.2. The van der Waals surface area contributed by atoms with Crippen LogP contribution in [-0.2, 0) is 11.8 Å². The van der Waals surface area contributed by atoms with Crippen molar-refractivity contribution >= 4 is 28.0 Å². The Morgan fingerprint density at radius 3 is 1.80 bits per heavy atom. The predicted molar refractivity (Wildman–Crippen MR) is 88.4 cm³/mol. The van der Waals surface area contributed by atoms with Crippen LogP contribution in [0.15, 0.2) is 48.5 Å². The van der Waals surface area contributed by atoms with Gasteiger partial charge in [-0.15, -0.1) is 5.10 Å². The van der Waals surface area contributed by atoms with E-state index in [2.05, 4.69) is 15.5 Å². The largest absolute Gasteiger partial charge is 0.275 e. The lowest BCUT2D eigenvalue weighted by Crippen LogP contribution is -2.07. The number of hydrogen-bond donors (Lipinski definition) is 0. The smallest absolute Gasteiger partial charge is 0.256 e. The third-order valence-corrected chi connectivity index (χ3v) is 3.75. The van der Waals surface area contributed by atoms with Crippen LogP contribution in [0.25, 0.3) is 11.1 Å². The Labute approximate surface area is 146 Å². The van der Waals surface area contributed by atoms with Crippen molar-refractivity contribution in [2.45, 2.75) is 0 Å². The number of carbonyl (C=O) groups is 1. The summed E-state index contributed by atoms with van der Waals surface area (Å²) in [6, 6.07) is 11.0. The predicted octanol–water partition coefficient (Wildman–Crippen LogP) is 3.21. The van der Waals surface area contributed by atoms with Crippen LogP contribution < -0.4 is 0 Å². The molecule has 0 N–H and O–H groups in total. The van der Waals surface area contributed by atoms with Gasteiger partial charge in [0.05, 0.1) is 5.57 Å². The normalized spacial score (nSPS) is 10.6. The summed E-state index contributed by atoms with van der Waals surface area (Å²) in [6.07, 6.45) is 0. The monoisotopic (exact) mass is 360 g/mol. The zero-order valence-electron chi connectivity index (χ0n) is 12.9. The van der Waals surface area contributed by atoms with E-state index in [1.54, 1.807) is 7.05 Å². The van der Waals surface area contributed by atoms with Crippen molar-refractivity contribution in [3.05, 3.63) is 77.1 Å². The van der Waals surface area contributed by atoms with Crippen molar-refractivity contribution < 1.29 is 13.6 Å². The lowest BCUT2D eigenvalue weighted by molar-refractivity contribution is -0.106. The summed E-state index contributed by atoms with van der Waals surface area (Å²) >= 11 is 5.81. The van der Waals surface area contributed by atoms with Gasteiger partial charge in [0.1, 0.15) is 11.6 Å². The van der Waals surface area contributed by atoms with Crippen LogP contribution in [0.5, 0.6) is 0 Å². The SMILES string of the molecule is Cn1nnnc1C(C(=O)Cl)=C(c1ccc(F)cc1)c1ccc(F)cc1. The second-order valence-electron chi connectivity index (χ2n) is 5.16. The minimum atomic E-state index is -0.790. The van der Waals surface area contributed by atoms with Gasteiger partial charge in [-0.25, -0.2) is 13.5 Å². The molecule has 0 aliphatic carbocycles. The van der Waals surface area contributed by atoms with Crippen LogP contribution in [0.1, 0.15) is 17.0 Å². The number of aromatic nitrogens is 4. The van der Waals surface area contributed by atoms with Gasteiger partial charge in [-0.3, -0.25) is 4.79 Å². The Morgan fingerprint density at radius 1 is 0.960 bits per heavy atom. The summed E-state index contributed by atoms with van der Waals surface area (Å²) in [5.41, 5.74) is 1.44. The maximum atomic E-state index is 13.3. The number of rotatable bonds is 4. The molecular weight excluding hydrogens is 350 g/mol. The number of carbonyl (C=O) groups excluding carboxylic acids is 1. The zero-order chi connectivity index (χ0) is 18.0. The lowest BCUT2D eigenvalue weighted by Gasteiger charge is -2.13. The highest BCUT2D eigenvalue weighted by molar-refractivity contribution is 6.75. The molecule has 3 aromatic rings.